The molecule has 15 heavy (non-hydrogen) atoms. The molecule has 1 aromatic rings. The number of aromatic carboxylic acids is 1. The van der Waals surface area contributed by atoms with Crippen LogP contribution in [-0.2, 0) is 0 Å². The highest BCUT2D eigenvalue weighted by molar-refractivity contribution is 7.99. The Labute approximate surface area is 96.3 Å². The number of nitrogens with zero attached hydrogens (tertiary/aromatic N) is 2. The lowest BCUT2D eigenvalue weighted by molar-refractivity contribution is 0.0702. The van der Waals surface area contributed by atoms with Crippen molar-refractivity contribution in [1.29, 1.82) is 0 Å². The highest BCUT2D eigenvalue weighted by Crippen LogP contribution is 2.29. The number of carboxylic acid groups (broad SMARTS) is 1. The first-order valence-electron chi connectivity index (χ1n) is 4.67. The Hall–Kier alpha value is -0.750. The maximum Gasteiger partial charge on any atom is 0.347 e. The van der Waals surface area contributed by atoms with Gasteiger partial charge in [0.2, 0.25) is 0 Å². The zero-order chi connectivity index (χ0) is 10.8. The van der Waals surface area contributed by atoms with Crippen molar-refractivity contribution in [2.24, 2.45) is 0 Å². The zero-order valence-electron chi connectivity index (χ0n) is 8.34. The molecule has 0 radical (unpaired) electrons. The quantitative estimate of drug-likeness (QED) is 0.878. The fourth-order valence-electron chi connectivity index (χ4n) is 1.60. The average Bonchev–Trinajstić information content (AvgIpc) is 2.86. The van der Waals surface area contributed by atoms with Gasteiger partial charge in [0.05, 0.1) is 6.20 Å². The molecule has 1 aliphatic heterocycles. The van der Waals surface area contributed by atoms with Gasteiger partial charge in [-0.05, 0) is 12.7 Å². The predicted molar refractivity (Wildman–Crippen MR) is 63.2 cm³/mol. The minimum absolute atomic E-state index is 0.317. The molecule has 0 amide bonds. The van der Waals surface area contributed by atoms with E-state index in [0.717, 1.165) is 24.6 Å². The van der Waals surface area contributed by atoms with Crippen molar-refractivity contribution in [2.75, 3.05) is 24.2 Å². The van der Waals surface area contributed by atoms with Gasteiger partial charge in [-0.25, -0.2) is 9.78 Å². The lowest BCUT2D eigenvalue weighted by atomic mass is 10.4. The molecular weight excluding hydrogens is 232 g/mol. The van der Waals surface area contributed by atoms with E-state index >= 15 is 0 Å². The Balaban J connectivity index is 2.07. The molecule has 82 valence electrons. The fourth-order valence-corrected chi connectivity index (χ4v) is 3.06. The fraction of sp³-hybridized carbons (Fsp3) is 0.556. The summed E-state index contributed by atoms with van der Waals surface area (Å²) in [7, 11) is 0. The molecular formula is C9H12N2O2S2. The molecule has 1 N–H and O–H groups in total. The van der Waals surface area contributed by atoms with Crippen LogP contribution in [0, 0.1) is 0 Å². The van der Waals surface area contributed by atoms with Crippen LogP contribution in [0.2, 0.25) is 0 Å². The van der Waals surface area contributed by atoms with E-state index in [0.29, 0.717) is 10.1 Å². The van der Waals surface area contributed by atoms with Crippen LogP contribution in [0.4, 0.5) is 5.13 Å². The van der Waals surface area contributed by atoms with Gasteiger partial charge in [0.25, 0.3) is 0 Å². The van der Waals surface area contributed by atoms with Crippen LogP contribution < -0.4 is 4.90 Å². The van der Waals surface area contributed by atoms with Gasteiger partial charge in [0, 0.05) is 18.3 Å². The number of hydrogen-bond acceptors (Lipinski definition) is 5. The second kappa shape index (κ2) is 4.40. The molecule has 4 nitrogen and oxygen atoms in total. The molecule has 0 saturated carbocycles. The van der Waals surface area contributed by atoms with E-state index in [1.54, 1.807) is 0 Å². The first-order chi connectivity index (χ1) is 7.20. The summed E-state index contributed by atoms with van der Waals surface area (Å²) in [5.41, 5.74) is 0. The van der Waals surface area contributed by atoms with Gasteiger partial charge < -0.3 is 10.0 Å². The molecule has 6 heteroatoms. The van der Waals surface area contributed by atoms with Gasteiger partial charge in [-0.15, -0.1) is 0 Å². The monoisotopic (exact) mass is 244 g/mol. The Morgan fingerprint density at radius 2 is 2.60 bits per heavy atom. The maximum atomic E-state index is 10.7. The molecule has 0 spiro atoms. The first kappa shape index (κ1) is 10.8. The van der Waals surface area contributed by atoms with Crippen molar-refractivity contribution in [3.05, 3.63) is 11.1 Å². The largest absolute Gasteiger partial charge is 0.477 e. The summed E-state index contributed by atoms with van der Waals surface area (Å²) < 4.78 is 0. The van der Waals surface area contributed by atoms with Crippen LogP contribution >= 0.6 is 23.1 Å². The molecule has 0 aliphatic carbocycles. The molecule has 2 heterocycles. The number of carboxylic acids is 1. The van der Waals surface area contributed by atoms with Crippen molar-refractivity contribution in [2.45, 2.75) is 11.7 Å². The van der Waals surface area contributed by atoms with Gasteiger partial charge >= 0.3 is 5.97 Å². The highest BCUT2D eigenvalue weighted by atomic mass is 32.2. The predicted octanol–water partition coefficient (Wildman–Crippen LogP) is 1.78. The van der Waals surface area contributed by atoms with E-state index in [-0.39, 0.29) is 0 Å². The van der Waals surface area contributed by atoms with Crippen molar-refractivity contribution >= 4 is 34.2 Å². The maximum absolute atomic E-state index is 10.7. The van der Waals surface area contributed by atoms with E-state index in [1.165, 1.54) is 17.5 Å². The summed E-state index contributed by atoms with van der Waals surface area (Å²) in [4.78, 5) is 17.3. The standard InChI is InChI=1S/C9H12N2O2S2/c1-14-6-2-3-11(5-6)9-10-4-7(15-9)8(12)13/h4,6H,2-3,5H2,1H3,(H,12,13). The number of thiazole rings is 1. The normalized spacial score (nSPS) is 20.9. The zero-order valence-corrected chi connectivity index (χ0v) is 9.98. The van der Waals surface area contributed by atoms with E-state index in [1.807, 2.05) is 11.8 Å². The van der Waals surface area contributed by atoms with Gasteiger partial charge in [0.1, 0.15) is 4.88 Å². The molecule has 1 aliphatic rings. The van der Waals surface area contributed by atoms with E-state index < -0.39 is 5.97 Å². The Morgan fingerprint density at radius 3 is 3.13 bits per heavy atom. The lowest BCUT2D eigenvalue weighted by Gasteiger charge is -2.13. The Bertz CT molecular complexity index is 367. The van der Waals surface area contributed by atoms with E-state index in [9.17, 15) is 4.79 Å². The van der Waals surface area contributed by atoms with Gasteiger partial charge in [0.15, 0.2) is 5.13 Å². The molecule has 2 rings (SSSR count). The molecule has 1 atom stereocenters. The number of anilines is 1. The summed E-state index contributed by atoms with van der Waals surface area (Å²) in [5, 5.41) is 10.3. The van der Waals surface area contributed by atoms with E-state index in [4.69, 9.17) is 5.11 Å². The Kier molecular flexibility index (Phi) is 3.16. The number of rotatable bonds is 3. The molecule has 1 fully saturated rings. The van der Waals surface area contributed by atoms with Crippen molar-refractivity contribution in [1.82, 2.24) is 4.98 Å². The van der Waals surface area contributed by atoms with Crippen LogP contribution in [0.1, 0.15) is 16.1 Å². The van der Waals surface area contributed by atoms with E-state index in [2.05, 4.69) is 16.1 Å². The smallest absolute Gasteiger partial charge is 0.347 e. The second-order valence-corrected chi connectivity index (χ2v) is 5.55. The SMILES string of the molecule is CSC1CCN(c2ncc(C(=O)O)s2)C1. The summed E-state index contributed by atoms with van der Waals surface area (Å²) in [6.07, 6.45) is 4.70. The van der Waals surface area contributed by atoms with Crippen molar-refractivity contribution in [3.8, 4) is 0 Å². The van der Waals surface area contributed by atoms with Crippen LogP contribution in [0.25, 0.3) is 0 Å². The van der Waals surface area contributed by atoms with Crippen LogP contribution in [-0.4, -0.2) is 40.7 Å². The number of hydrogen-bond donors (Lipinski definition) is 1. The van der Waals surface area contributed by atoms with Gasteiger partial charge in [-0.3, -0.25) is 0 Å². The first-order valence-corrected chi connectivity index (χ1v) is 6.78. The molecule has 0 bridgehead atoms. The molecule has 1 aromatic heterocycles. The van der Waals surface area contributed by atoms with Crippen molar-refractivity contribution in [3.63, 3.8) is 0 Å². The molecule has 1 saturated heterocycles. The summed E-state index contributed by atoms with van der Waals surface area (Å²) in [6, 6.07) is 0. The van der Waals surface area contributed by atoms with Crippen LogP contribution in [0.3, 0.4) is 0 Å². The second-order valence-electron chi connectivity index (χ2n) is 3.40. The van der Waals surface area contributed by atoms with Gasteiger partial charge in [-0.2, -0.15) is 11.8 Å². The topological polar surface area (TPSA) is 53.4 Å². The summed E-state index contributed by atoms with van der Waals surface area (Å²) >= 11 is 3.12. The highest BCUT2D eigenvalue weighted by Gasteiger charge is 2.24. The third kappa shape index (κ3) is 2.26. The van der Waals surface area contributed by atoms with Gasteiger partial charge in [-0.1, -0.05) is 11.3 Å². The van der Waals surface area contributed by atoms with Crippen LogP contribution in [0.15, 0.2) is 6.20 Å². The molecule has 0 aromatic carbocycles. The lowest BCUT2D eigenvalue weighted by Crippen LogP contribution is -2.19. The summed E-state index contributed by atoms with van der Waals surface area (Å²) in [5.74, 6) is -0.889. The van der Waals surface area contributed by atoms with Crippen LogP contribution in [0.5, 0.6) is 0 Å². The average molecular weight is 244 g/mol. The Morgan fingerprint density at radius 1 is 1.80 bits per heavy atom. The third-order valence-electron chi connectivity index (χ3n) is 2.45. The number of aromatic nitrogens is 1. The molecule has 1 unspecified atom stereocenters. The number of carbonyl (C=O) groups is 1. The van der Waals surface area contributed by atoms with Crippen molar-refractivity contribution < 1.29 is 9.90 Å². The minimum atomic E-state index is -0.889. The minimum Gasteiger partial charge on any atom is -0.477 e. The summed E-state index contributed by atoms with van der Waals surface area (Å²) in [6.45, 7) is 1.96. The third-order valence-corrected chi connectivity index (χ3v) is 4.55. The number of thioether (sulfide) groups is 1.